The minimum Gasteiger partial charge on any atom is -0.497 e. The number of ether oxygens (including phenoxy) is 3. The van der Waals surface area contributed by atoms with Crippen molar-refractivity contribution in [1.82, 2.24) is 0 Å². The van der Waals surface area contributed by atoms with Gasteiger partial charge in [0.15, 0.2) is 6.61 Å². The molecule has 0 aliphatic rings. The van der Waals surface area contributed by atoms with E-state index in [4.69, 9.17) is 14.7 Å². The number of alkyl halides is 3. The molecule has 1 amide bonds. The van der Waals surface area contributed by atoms with Gasteiger partial charge in [0.05, 0.1) is 7.11 Å². The van der Waals surface area contributed by atoms with Gasteiger partial charge in [-0.3, -0.25) is 4.79 Å². The van der Waals surface area contributed by atoms with Gasteiger partial charge in [0, 0.05) is 5.69 Å². The Balaban J connectivity index is 1.90. The fraction of sp³-hybridized carbons (Fsp3) is 0.150. The van der Waals surface area contributed by atoms with Crippen molar-refractivity contribution in [2.45, 2.75) is 6.36 Å². The van der Waals surface area contributed by atoms with Crippen LogP contribution in [-0.2, 0) is 14.3 Å². The minimum atomic E-state index is -4.82. The number of methoxy groups -OCH3 is 1. The number of nitrogens with one attached hydrogen (secondary N) is 1. The lowest BCUT2D eigenvalue weighted by molar-refractivity contribution is -0.274. The van der Waals surface area contributed by atoms with Gasteiger partial charge in [-0.05, 0) is 48.0 Å². The summed E-state index contributed by atoms with van der Waals surface area (Å²) in [6.45, 7) is -0.693. The van der Waals surface area contributed by atoms with Crippen molar-refractivity contribution in [2.75, 3.05) is 19.0 Å². The van der Waals surface area contributed by atoms with Crippen LogP contribution < -0.4 is 14.8 Å². The summed E-state index contributed by atoms with van der Waals surface area (Å²) in [4.78, 5) is 23.8. The zero-order valence-electron chi connectivity index (χ0n) is 15.5. The third kappa shape index (κ3) is 7.20. The molecule has 0 fully saturated rings. The Hall–Kier alpha value is -4.00. The van der Waals surface area contributed by atoms with E-state index in [2.05, 4.69) is 10.1 Å². The topological polar surface area (TPSA) is 97.6 Å². The summed E-state index contributed by atoms with van der Waals surface area (Å²) in [5.74, 6) is -1.59. The quantitative estimate of drug-likeness (QED) is 0.417. The van der Waals surface area contributed by atoms with Crippen molar-refractivity contribution >= 4 is 23.6 Å². The molecule has 2 rings (SSSR count). The Kier molecular flexibility index (Phi) is 7.41. The summed E-state index contributed by atoms with van der Waals surface area (Å²) in [7, 11) is 1.50. The smallest absolute Gasteiger partial charge is 0.497 e. The Morgan fingerprint density at radius 2 is 1.67 bits per heavy atom. The van der Waals surface area contributed by atoms with E-state index in [1.165, 1.54) is 25.3 Å². The Morgan fingerprint density at radius 1 is 1.07 bits per heavy atom. The highest BCUT2D eigenvalue weighted by Gasteiger charge is 2.30. The van der Waals surface area contributed by atoms with E-state index in [0.29, 0.717) is 11.3 Å². The number of esters is 1. The molecule has 0 spiro atoms. The second-order valence-corrected chi connectivity index (χ2v) is 5.64. The number of carbonyl (C=O) groups excluding carboxylic acids is 2. The fourth-order valence-electron chi connectivity index (χ4n) is 2.15. The van der Waals surface area contributed by atoms with Crippen LogP contribution in [0.1, 0.15) is 5.56 Å². The van der Waals surface area contributed by atoms with Gasteiger partial charge in [-0.25, -0.2) is 4.79 Å². The summed E-state index contributed by atoms with van der Waals surface area (Å²) < 4.78 is 49.9. The first kappa shape index (κ1) is 22.3. The number of hydrogen-bond acceptors (Lipinski definition) is 6. The number of nitriles is 1. The number of amides is 1. The van der Waals surface area contributed by atoms with Crippen molar-refractivity contribution in [3.63, 3.8) is 0 Å². The maximum atomic E-state index is 12.1. The van der Waals surface area contributed by atoms with Gasteiger partial charge in [-0.15, -0.1) is 13.2 Å². The predicted octanol–water partition coefficient (Wildman–Crippen LogP) is 3.68. The molecule has 7 nitrogen and oxygen atoms in total. The minimum absolute atomic E-state index is 0.167. The van der Waals surface area contributed by atoms with Crippen LogP contribution in [0.3, 0.4) is 0 Å². The van der Waals surface area contributed by atoms with E-state index in [-0.39, 0.29) is 11.3 Å². The lowest BCUT2D eigenvalue weighted by Crippen LogP contribution is -2.21. The first-order valence-electron chi connectivity index (χ1n) is 8.29. The van der Waals surface area contributed by atoms with Crippen LogP contribution in [0.5, 0.6) is 11.5 Å². The van der Waals surface area contributed by atoms with Crippen LogP contribution in [0.15, 0.2) is 54.1 Å². The summed E-state index contributed by atoms with van der Waals surface area (Å²) in [5.41, 5.74) is 0.399. The number of carbonyl (C=O) groups is 2. The molecule has 156 valence electrons. The largest absolute Gasteiger partial charge is 0.573 e. The van der Waals surface area contributed by atoms with Crippen molar-refractivity contribution in [3.05, 3.63) is 59.7 Å². The molecule has 0 bridgehead atoms. The summed E-state index contributed by atoms with van der Waals surface area (Å²) in [5, 5.41) is 11.5. The molecular weight excluding hydrogens is 405 g/mol. The zero-order chi connectivity index (χ0) is 22.1. The molecule has 0 atom stereocenters. The van der Waals surface area contributed by atoms with Gasteiger partial charge in [-0.1, -0.05) is 12.1 Å². The third-order valence-corrected chi connectivity index (χ3v) is 3.47. The lowest BCUT2D eigenvalue weighted by Gasteiger charge is -2.10. The van der Waals surface area contributed by atoms with Gasteiger partial charge in [-0.2, -0.15) is 5.26 Å². The Bertz CT molecular complexity index is 962. The van der Waals surface area contributed by atoms with Crippen LogP contribution in [0.25, 0.3) is 6.08 Å². The maximum absolute atomic E-state index is 12.1. The summed E-state index contributed by atoms with van der Waals surface area (Å²) >= 11 is 0. The van der Waals surface area contributed by atoms with Crippen LogP contribution in [0.2, 0.25) is 0 Å². The first-order chi connectivity index (χ1) is 14.2. The van der Waals surface area contributed by atoms with Crippen molar-refractivity contribution in [2.24, 2.45) is 0 Å². The molecule has 30 heavy (non-hydrogen) atoms. The van der Waals surface area contributed by atoms with Crippen molar-refractivity contribution in [1.29, 1.82) is 5.26 Å². The SMILES string of the molecule is COc1ccc(/C=C(\C#N)C(=O)OCC(=O)Nc2ccc(OC(F)(F)F)cc2)cc1. The Morgan fingerprint density at radius 3 is 2.20 bits per heavy atom. The fourth-order valence-corrected chi connectivity index (χ4v) is 2.15. The monoisotopic (exact) mass is 420 g/mol. The molecule has 2 aromatic carbocycles. The second-order valence-electron chi connectivity index (χ2n) is 5.64. The molecule has 1 N–H and O–H groups in total. The highest BCUT2D eigenvalue weighted by atomic mass is 19.4. The third-order valence-electron chi connectivity index (χ3n) is 3.47. The summed E-state index contributed by atoms with van der Waals surface area (Å²) in [6.07, 6.45) is -3.53. The first-order valence-corrected chi connectivity index (χ1v) is 8.29. The van der Waals surface area contributed by atoms with Gasteiger partial charge in [0.2, 0.25) is 0 Å². The zero-order valence-corrected chi connectivity index (χ0v) is 15.5. The normalized spacial score (nSPS) is 11.2. The van der Waals surface area contributed by atoms with E-state index in [0.717, 1.165) is 12.1 Å². The summed E-state index contributed by atoms with van der Waals surface area (Å²) in [6, 6.07) is 12.6. The molecule has 0 aromatic heterocycles. The lowest BCUT2D eigenvalue weighted by atomic mass is 10.1. The number of nitrogens with zero attached hydrogens (tertiary/aromatic N) is 1. The van der Waals surface area contributed by atoms with Crippen LogP contribution in [-0.4, -0.2) is 32.0 Å². The number of anilines is 1. The Labute approximate surface area is 169 Å². The van der Waals surface area contributed by atoms with E-state index >= 15 is 0 Å². The molecule has 0 aliphatic heterocycles. The van der Waals surface area contributed by atoms with Crippen LogP contribution in [0, 0.1) is 11.3 Å². The van der Waals surface area contributed by atoms with Crippen LogP contribution in [0.4, 0.5) is 18.9 Å². The van der Waals surface area contributed by atoms with E-state index in [9.17, 15) is 22.8 Å². The molecule has 0 radical (unpaired) electrons. The molecule has 0 aliphatic carbocycles. The standard InChI is InChI=1S/C20H15F3N2O5/c1-28-16-6-2-13(3-7-16)10-14(11-24)19(27)29-12-18(26)25-15-4-8-17(9-5-15)30-20(21,22)23/h2-10H,12H2,1H3,(H,25,26)/b14-10+. The van der Waals surface area contributed by atoms with Crippen molar-refractivity contribution < 1.29 is 37.0 Å². The number of halogens is 3. The average Bonchev–Trinajstić information content (AvgIpc) is 2.71. The molecule has 0 heterocycles. The highest BCUT2D eigenvalue weighted by molar-refractivity contribution is 6.00. The van der Waals surface area contributed by atoms with Crippen LogP contribution >= 0.6 is 0 Å². The van der Waals surface area contributed by atoms with Gasteiger partial charge in [0.1, 0.15) is 23.1 Å². The number of benzene rings is 2. The van der Waals surface area contributed by atoms with Gasteiger partial charge >= 0.3 is 12.3 Å². The molecule has 2 aromatic rings. The molecular formula is C20H15F3N2O5. The average molecular weight is 420 g/mol. The highest BCUT2D eigenvalue weighted by Crippen LogP contribution is 2.24. The number of hydrogen-bond donors (Lipinski definition) is 1. The van der Waals surface area contributed by atoms with Gasteiger partial charge in [0.25, 0.3) is 5.91 Å². The van der Waals surface area contributed by atoms with Gasteiger partial charge < -0.3 is 19.5 Å². The van der Waals surface area contributed by atoms with E-state index < -0.39 is 30.6 Å². The molecule has 0 unspecified atom stereocenters. The van der Waals surface area contributed by atoms with E-state index in [1.807, 2.05) is 0 Å². The molecule has 0 saturated carbocycles. The predicted molar refractivity (Wildman–Crippen MR) is 99.3 cm³/mol. The van der Waals surface area contributed by atoms with E-state index in [1.54, 1.807) is 30.3 Å². The number of rotatable bonds is 7. The second kappa shape index (κ2) is 9.97. The van der Waals surface area contributed by atoms with Crippen molar-refractivity contribution in [3.8, 4) is 17.6 Å². The molecule has 0 saturated heterocycles. The molecule has 10 heteroatoms. The maximum Gasteiger partial charge on any atom is 0.573 e.